The third-order valence-corrected chi connectivity index (χ3v) is 3.45. The molecule has 20 heavy (non-hydrogen) atoms. The number of hydrogen-bond donors (Lipinski definition) is 1. The number of hydrogen-bond acceptors (Lipinski definition) is 3. The molecule has 0 fully saturated rings. The fourth-order valence-electron chi connectivity index (χ4n) is 2.18. The fourth-order valence-corrected chi connectivity index (χ4v) is 2.18. The van der Waals surface area contributed by atoms with E-state index in [1.807, 2.05) is 38.1 Å². The van der Waals surface area contributed by atoms with Gasteiger partial charge in [0.25, 0.3) is 0 Å². The van der Waals surface area contributed by atoms with Gasteiger partial charge in [-0.3, -0.25) is 4.79 Å². The van der Waals surface area contributed by atoms with Crippen LogP contribution in [0.15, 0.2) is 36.7 Å². The summed E-state index contributed by atoms with van der Waals surface area (Å²) in [5.74, 6) is -1.49. The van der Waals surface area contributed by atoms with Crippen molar-refractivity contribution in [2.24, 2.45) is 0 Å². The molecule has 1 aromatic carbocycles. The molecule has 1 aromatic heterocycles. The number of carbonyl (C=O) groups is 1. The predicted molar refractivity (Wildman–Crippen MR) is 76.7 cm³/mol. The molecule has 1 unspecified atom stereocenters. The van der Waals surface area contributed by atoms with Gasteiger partial charge in [0.05, 0.1) is 5.69 Å². The zero-order valence-corrected chi connectivity index (χ0v) is 11.7. The number of benzene rings is 1. The highest BCUT2D eigenvalue weighted by molar-refractivity contribution is 5.76. The van der Waals surface area contributed by atoms with E-state index < -0.39 is 11.9 Å². The zero-order valence-electron chi connectivity index (χ0n) is 11.7. The van der Waals surface area contributed by atoms with Gasteiger partial charge in [0.15, 0.2) is 0 Å². The fraction of sp³-hybridized carbons (Fsp3) is 0.312. The molecule has 4 nitrogen and oxygen atoms in total. The summed E-state index contributed by atoms with van der Waals surface area (Å²) in [5, 5.41) is 9.48. The maximum Gasteiger partial charge on any atom is 0.312 e. The van der Waals surface area contributed by atoms with Gasteiger partial charge in [-0.05, 0) is 37.0 Å². The second-order valence-electron chi connectivity index (χ2n) is 4.81. The summed E-state index contributed by atoms with van der Waals surface area (Å²) in [6.45, 7) is 3.98. The molecular weight excluding hydrogens is 252 g/mol. The molecule has 0 saturated heterocycles. The highest BCUT2D eigenvalue weighted by Crippen LogP contribution is 2.22. The summed E-state index contributed by atoms with van der Waals surface area (Å²) in [7, 11) is 0. The lowest BCUT2D eigenvalue weighted by molar-refractivity contribution is -0.138. The predicted octanol–water partition coefficient (Wildman–Crippen LogP) is 2.76. The Morgan fingerprint density at radius 1 is 1.30 bits per heavy atom. The quantitative estimate of drug-likeness (QED) is 0.907. The Balaban J connectivity index is 2.32. The molecule has 0 aliphatic heterocycles. The number of carboxylic acid groups (broad SMARTS) is 1. The van der Waals surface area contributed by atoms with Crippen molar-refractivity contribution >= 4 is 5.97 Å². The SMILES string of the molecule is CCc1cc(C(Cc2ccccc2C)C(=O)O)ncn1. The van der Waals surface area contributed by atoms with Gasteiger partial charge >= 0.3 is 5.97 Å². The normalized spacial score (nSPS) is 12.1. The number of aromatic nitrogens is 2. The third kappa shape index (κ3) is 3.20. The Morgan fingerprint density at radius 2 is 2.05 bits per heavy atom. The molecule has 0 aliphatic carbocycles. The van der Waals surface area contributed by atoms with Crippen LogP contribution in [0.25, 0.3) is 0 Å². The molecule has 0 spiro atoms. The van der Waals surface area contributed by atoms with Gasteiger partial charge in [0.1, 0.15) is 12.2 Å². The smallest absolute Gasteiger partial charge is 0.312 e. The summed E-state index contributed by atoms with van der Waals surface area (Å²) < 4.78 is 0. The summed E-state index contributed by atoms with van der Waals surface area (Å²) >= 11 is 0. The van der Waals surface area contributed by atoms with E-state index in [1.54, 1.807) is 6.07 Å². The molecule has 2 rings (SSSR count). The first kappa shape index (κ1) is 14.2. The standard InChI is InChI=1S/C16H18N2O2/c1-3-13-9-15(18-10-17-13)14(16(19)20)8-12-7-5-4-6-11(12)2/h4-7,9-10,14H,3,8H2,1-2H3,(H,19,20). The Morgan fingerprint density at radius 3 is 2.70 bits per heavy atom. The molecule has 0 aliphatic rings. The van der Waals surface area contributed by atoms with Crippen LogP contribution in [-0.4, -0.2) is 21.0 Å². The van der Waals surface area contributed by atoms with Crippen LogP contribution in [0.1, 0.15) is 35.4 Å². The third-order valence-electron chi connectivity index (χ3n) is 3.45. The van der Waals surface area contributed by atoms with Crippen molar-refractivity contribution in [1.29, 1.82) is 0 Å². The molecule has 0 saturated carbocycles. The van der Waals surface area contributed by atoms with Crippen LogP contribution in [0.3, 0.4) is 0 Å². The molecular formula is C16H18N2O2. The Labute approximate surface area is 118 Å². The van der Waals surface area contributed by atoms with Crippen LogP contribution < -0.4 is 0 Å². The van der Waals surface area contributed by atoms with Gasteiger partial charge in [0, 0.05) is 5.69 Å². The van der Waals surface area contributed by atoms with Crippen LogP contribution in [0, 0.1) is 6.92 Å². The van der Waals surface area contributed by atoms with Crippen LogP contribution in [0.5, 0.6) is 0 Å². The maximum absolute atomic E-state index is 11.6. The van der Waals surface area contributed by atoms with Gasteiger partial charge in [0.2, 0.25) is 0 Å². The van der Waals surface area contributed by atoms with E-state index in [0.29, 0.717) is 12.1 Å². The van der Waals surface area contributed by atoms with E-state index in [2.05, 4.69) is 9.97 Å². The van der Waals surface area contributed by atoms with E-state index in [-0.39, 0.29) is 0 Å². The zero-order chi connectivity index (χ0) is 14.5. The van der Waals surface area contributed by atoms with Crippen LogP contribution in [0.4, 0.5) is 0 Å². The summed E-state index contributed by atoms with van der Waals surface area (Å²) in [6, 6.07) is 9.63. The topological polar surface area (TPSA) is 63.1 Å². The number of nitrogens with zero attached hydrogens (tertiary/aromatic N) is 2. The lowest BCUT2D eigenvalue weighted by atomic mass is 9.93. The average molecular weight is 270 g/mol. The second kappa shape index (κ2) is 6.28. The molecule has 1 heterocycles. The molecule has 2 aromatic rings. The van der Waals surface area contributed by atoms with Crippen molar-refractivity contribution in [3.8, 4) is 0 Å². The summed E-state index contributed by atoms with van der Waals surface area (Å²) in [6.07, 6.45) is 2.66. The molecule has 0 bridgehead atoms. The van der Waals surface area contributed by atoms with Crippen LogP contribution in [-0.2, 0) is 17.6 Å². The van der Waals surface area contributed by atoms with Gasteiger partial charge in [-0.15, -0.1) is 0 Å². The van der Waals surface area contributed by atoms with E-state index in [0.717, 1.165) is 23.2 Å². The molecule has 4 heteroatoms. The average Bonchev–Trinajstić information content (AvgIpc) is 2.46. The van der Waals surface area contributed by atoms with Crippen molar-refractivity contribution < 1.29 is 9.90 Å². The van der Waals surface area contributed by atoms with Crippen LogP contribution in [0.2, 0.25) is 0 Å². The first-order valence-corrected chi connectivity index (χ1v) is 6.70. The van der Waals surface area contributed by atoms with Gasteiger partial charge in [-0.2, -0.15) is 0 Å². The second-order valence-corrected chi connectivity index (χ2v) is 4.81. The van der Waals surface area contributed by atoms with Gasteiger partial charge in [-0.1, -0.05) is 31.2 Å². The number of aliphatic carboxylic acids is 1. The largest absolute Gasteiger partial charge is 0.481 e. The van der Waals surface area contributed by atoms with Crippen molar-refractivity contribution in [1.82, 2.24) is 9.97 Å². The number of carboxylic acids is 1. The van der Waals surface area contributed by atoms with Crippen molar-refractivity contribution in [2.45, 2.75) is 32.6 Å². The van der Waals surface area contributed by atoms with Crippen molar-refractivity contribution in [2.75, 3.05) is 0 Å². The molecule has 0 amide bonds. The van der Waals surface area contributed by atoms with Crippen molar-refractivity contribution in [3.63, 3.8) is 0 Å². The molecule has 104 valence electrons. The highest BCUT2D eigenvalue weighted by atomic mass is 16.4. The molecule has 1 N–H and O–H groups in total. The lowest BCUT2D eigenvalue weighted by Gasteiger charge is -2.14. The Bertz CT molecular complexity index is 611. The van der Waals surface area contributed by atoms with Crippen LogP contribution >= 0.6 is 0 Å². The first-order valence-electron chi connectivity index (χ1n) is 6.70. The minimum absolute atomic E-state index is 0.447. The monoisotopic (exact) mass is 270 g/mol. The number of aryl methyl sites for hydroxylation is 2. The maximum atomic E-state index is 11.6. The first-order chi connectivity index (χ1) is 9.61. The Kier molecular flexibility index (Phi) is 4.45. The number of rotatable bonds is 5. The minimum Gasteiger partial charge on any atom is -0.481 e. The highest BCUT2D eigenvalue weighted by Gasteiger charge is 2.22. The lowest BCUT2D eigenvalue weighted by Crippen LogP contribution is -2.17. The summed E-state index contributed by atoms with van der Waals surface area (Å²) in [5.41, 5.74) is 3.58. The summed E-state index contributed by atoms with van der Waals surface area (Å²) in [4.78, 5) is 19.8. The molecule has 0 radical (unpaired) electrons. The molecule has 1 atom stereocenters. The van der Waals surface area contributed by atoms with Gasteiger partial charge < -0.3 is 5.11 Å². The van der Waals surface area contributed by atoms with Crippen molar-refractivity contribution in [3.05, 3.63) is 59.2 Å². The van der Waals surface area contributed by atoms with Gasteiger partial charge in [-0.25, -0.2) is 9.97 Å². The van der Waals surface area contributed by atoms with E-state index in [4.69, 9.17) is 0 Å². The Hall–Kier alpha value is -2.23. The van der Waals surface area contributed by atoms with E-state index in [9.17, 15) is 9.90 Å². The van der Waals surface area contributed by atoms with E-state index >= 15 is 0 Å². The minimum atomic E-state index is -0.853. The van der Waals surface area contributed by atoms with E-state index in [1.165, 1.54) is 6.33 Å².